The molecule has 0 fully saturated rings. The van der Waals surface area contributed by atoms with Gasteiger partial charge >= 0.3 is 52.3 Å². The van der Waals surface area contributed by atoms with Crippen molar-refractivity contribution in [1.82, 2.24) is 0 Å². The van der Waals surface area contributed by atoms with E-state index in [1.54, 1.807) is 0 Å². The Labute approximate surface area is 69.4 Å². The van der Waals surface area contributed by atoms with Gasteiger partial charge in [-0.15, -0.1) is 17.0 Å². The first kappa shape index (κ1) is 11.5. The molecular formula is C4H8BrO2Zn. The molecule has 0 aliphatic carbocycles. The minimum absolute atomic E-state index is 0. The molecule has 0 aromatic heterocycles. The molecule has 0 amide bonds. The van der Waals surface area contributed by atoms with E-state index < -0.39 is 0 Å². The number of hydrogen-bond acceptors (Lipinski definition) is 2. The number of rotatable bonds is 3. The summed E-state index contributed by atoms with van der Waals surface area (Å²) in [5.74, 6) is 0. The molecule has 0 aromatic carbocycles. The van der Waals surface area contributed by atoms with Crippen molar-refractivity contribution in [2.24, 2.45) is 0 Å². The average molecular weight is 233 g/mol. The van der Waals surface area contributed by atoms with Crippen molar-refractivity contribution in [1.29, 1.82) is 0 Å². The van der Waals surface area contributed by atoms with E-state index in [2.05, 4.69) is 0 Å². The fraction of sp³-hybridized carbons (Fsp3) is 0.750. The third kappa shape index (κ3) is 6.73. The zero-order chi connectivity index (χ0) is 5.70. The Hall–Kier alpha value is 0.733. The Morgan fingerprint density at radius 3 is 2.50 bits per heavy atom. The molecule has 0 aliphatic rings. The predicted molar refractivity (Wildman–Crippen MR) is 31.8 cm³/mol. The van der Waals surface area contributed by atoms with E-state index in [4.69, 9.17) is 4.74 Å². The van der Waals surface area contributed by atoms with E-state index in [9.17, 15) is 4.79 Å². The van der Waals surface area contributed by atoms with Gasteiger partial charge in [-0.25, -0.2) is 0 Å². The monoisotopic (exact) mass is 231 g/mol. The van der Waals surface area contributed by atoms with Crippen molar-refractivity contribution in [3.05, 3.63) is 0 Å². The SMILES string of the molecule is Br.CCO[CH]([Zn])C=O. The second-order valence-electron chi connectivity index (χ2n) is 1.13. The maximum absolute atomic E-state index is 9.80. The number of carbonyl (C=O) groups is 1. The minimum atomic E-state index is -0.106. The zero-order valence-electron chi connectivity index (χ0n) is 4.79. The van der Waals surface area contributed by atoms with Crippen LogP contribution in [-0.4, -0.2) is 17.6 Å². The van der Waals surface area contributed by atoms with E-state index >= 15 is 0 Å². The van der Waals surface area contributed by atoms with Gasteiger partial charge in [-0.3, -0.25) is 0 Å². The van der Waals surface area contributed by atoms with E-state index in [-0.39, 0.29) is 21.7 Å². The van der Waals surface area contributed by atoms with Crippen molar-refractivity contribution in [2.75, 3.05) is 6.61 Å². The average Bonchev–Trinajstić information content (AvgIpc) is 1.68. The molecule has 2 nitrogen and oxygen atoms in total. The molecule has 0 aromatic rings. The summed E-state index contributed by atoms with van der Waals surface area (Å²) < 4.78 is 4.77. The van der Waals surface area contributed by atoms with Gasteiger partial charge in [0.25, 0.3) is 0 Å². The summed E-state index contributed by atoms with van der Waals surface area (Å²) in [7, 11) is 0. The standard InChI is InChI=1S/C4H7O2.BrH.Zn/c1-2-6-4-3-5;;/h3-4H,2H2,1H3;1H;. The van der Waals surface area contributed by atoms with Crippen LogP contribution < -0.4 is 0 Å². The van der Waals surface area contributed by atoms with Gasteiger partial charge in [0.1, 0.15) is 0 Å². The molecule has 0 saturated carbocycles. The second kappa shape index (κ2) is 7.73. The summed E-state index contributed by atoms with van der Waals surface area (Å²) >= 11 is 0.900. The fourth-order valence-electron chi connectivity index (χ4n) is 0.253. The van der Waals surface area contributed by atoms with Gasteiger partial charge in [0, 0.05) is 0 Å². The summed E-state index contributed by atoms with van der Waals surface area (Å²) in [4.78, 5) is 9.80. The maximum atomic E-state index is 9.80. The molecule has 0 radical (unpaired) electrons. The molecule has 0 spiro atoms. The zero-order valence-corrected chi connectivity index (χ0v) is 9.47. The van der Waals surface area contributed by atoms with Crippen LogP contribution in [0.3, 0.4) is 0 Å². The number of halogens is 1. The van der Waals surface area contributed by atoms with Gasteiger partial charge in [-0.1, -0.05) is 0 Å². The van der Waals surface area contributed by atoms with Crippen LogP contribution >= 0.6 is 17.0 Å². The summed E-state index contributed by atoms with van der Waals surface area (Å²) in [5.41, 5.74) is 0. The van der Waals surface area contributed by atoms with Gasteiger partial charge in [0.15, 0.2) is 0 Å². The van der Waals surface area contributed by atoms with Crippen LogP contribution in [0.1, 0.15) is 6.92 Å². The summed E-state index contributed by atoms with van der Waals surface area (Å²) in [6.07, 6.45) is 0.837. The normalized spacial score (nSPS) is 11.9. The molecule has 4 heteroatoms. The van der Waals surface area contributed by atoms with Crippen molar-refractivity contribution in [3.63, 3.8) is 0 Å². The third-order valence-electron chi connectivity index (χ3n) is 0.533. The summed E-state index contributed by atoms with van der Waals surface area (Å²) in [5, 5.41) is 0. The van der Waals surface area contributed by atoms with Crippen LogP contribution in [0.2, 0.25) is 0 Å². The fourth-order valence-corrected chi connectivity index (χ4v) is 0.748. The molecule has 0 saturated heterocycles. The van der Waals surface area contributed by atoms with Crippen LogP contribution in [0.4, 0.5) is 0 Å². The van der Waals surface area contributed by atoms with Crippen LogP contribution in [-0.2, 0) is 27.8 Å². The molecule has 0 rings (SSSR count). The third-order valence-corrected chi connectivity index (χ3v) is 1.43. The van der Waals surface area contributed by atoms with Crippen molar-refractivity contribution in [3.8, 4) is 0 Å². The van der Waals surface area contributed by atoms with E-state index in [0.717, 1.165) is 24.6 Å². The first-order valence-corrected chi connectivity index (χ1v) is 3.92. The van der Waals surface area contributed by atoms with Crippen LogP contribution in [0.5, 0.6) is 0 Å². The quantitative estimate of drug-likeness (QED) is 0.529. The number of hydrogen-bond donors (Lipinski definition) is 0. The Bertz CT molecular complexity index is 60.0. The molecule has 0 N–H and O–H groups in total. The van der Waals surface area contributed by atoms with Crippen LogP contribution in [0, 0.1) is 0 Å². The summed E-state index contributed by atoms with van der Waals surface area (Å²) in [6, 6.07) is 0. The van der Waals surface area contributed by atoms with Gasteiger partial charge in [0.2, 0.25) is 0 Å². The number of ether oxygens (including phenoxy) is 1. The molecule has 0 heterocycles. The molecule has 0 bridgehead atoms. The van der Waals surface area contributed by atoms with Crippen LogP contribution in [0.15, 0.2) is 0 Å². The van der Waals surface area contributed by atoms with E-state index in [1.807, 2.05) is 6.92 Å². The Kier molecular flexibility index (Phi) is 11.1. The second-order valence-corrected chi connectivity index (χ2v) is 2.82. The Morgan fingerprint density at radius 2 is 2.38 bits per heavy atom. The van der Waals surface area contributed by atoms with E-state index in [1.165, 1.54) is 0 Å². The van der Waals surface area contributed by atoms with Crippen molar-refractivity contribution >= 4 is 23.3 Å². The first-order valence-electron chi connectivity index (χ1n) is 2.21. The topological polar surface area (TPSA) is 26.3 Å². The van der Waals surface area contributed by atoms with E-state index in [0.29, 0.717) is 6.61 Å². The molecule has 8 heavy (non-hydrogen) atoms. The first-order chi connectivity index (χ1) is 3.31. The Balaban J connectivity index is 0. The molecule has 45 valence electrons. The van der Waals surface area contributed by atoms with Gasteiger partial charge in [0.05, 0.1) is 0 Å². The predicted octanol–water partition coefficient (Wildman–Crippen LogP) is 0.673. The molecule has 1 unspecified atom stereocenters. The molecule has 1 atom stereocenters. The summed E-state index contributed by atoms with van der Waals surface area (Å²) in [6.45, 7) is 2.52. The molecular weight excluding hydrogens is 225 g/mol. The van der Waals surface area contributed by atoms with Gasteiger partial charge in [-0.2, -0.15) is 0 Å². The van der Waals surface area contributed by atoms with Gasteiger partial charge in [-0.05, 0) is 0 Å². The van der Waals surface area contributed by atoms with Gasteiger partial charge < -0.3 is 0 Å². The number of aldehydes is 1. The van der Waals surface area contributed by atoms with Crippen molar-refractivity contribution < 1.29 is 27.8 Å². The van der Waals surface area contributed by atoms with Crippen LogP contribution in [0.25, 0.3) is 0 Å². The Morgan fingerprint density at radius 1 is 1.88 bits per heavy atom. The number of carbonyl (C=O) groups excluding carboxylic acids is 1. The van der Waals surface area contributed by atoms with Crippen molar-refractivity contribution in [2.45, 2.75) is 11.6 Å². The molecule has 0 aliphatic heterocycles.